The zero-order chi connectivity index (χ0) is 11.3. The minimum atomic E-state index is 0.108. The molecular formula is C12H20N2O. The molecule has 1 heterocycles. The first kappa shape index (κ1) is 12.1. The maximum Gasteiger partial charge on any atom is 0.224 e. The number of rotatable bonds is 4. The van der Waals surface area contributed by atoms with Crippen LogP contribution < -0.4 is 10.6 Å². The quantitative estimate of drug-likeness (QED) is 0.674. The predicted molar refractivity (Wildman–Crippen MR) is 61.2 cm³/mol. The summed E-state index contributed by atoms with van der Waals surface area (Å²) in [6.45, 7) is 5.03. The van der Waals surface area contributed by atoms with Gasteiger partial charge in [0.05, 0.1) is 5.92 Å². The Labute approximate surface area is 92.0 Å². The molecule has 0 aromatic rings. The van der Waals surface area contributed by atoms with E-state index >= 15 is 0 Å². The van der Waals surface area contributed by atoms with E-state index in [1.165, 1.54) is 0 Å². The van der Waals surface area contributed by atoms with Gasteiger partial charge in [-0.1, -0.05) is 6.92 Å². The van der Waals surface area contributed by atoms with Gasteiger partial charge in [-0.2, -0.15) is 0 Å². The van der Waals surface area contributed by atoms with Crippen molar-refractivity contribution in [2.24, 2.45) is 5.92 Å². The van der Waals surface area contributed by atoms with Gasteiger partial charge in [-0.25, -0.2) is 0 Å². The Bertz CT molecular complexity index is 257. The Morgan fingerprint density at radius 3 is 2.93 bits per heavy atom. The molecule has 3 unspecified atom stereocenters. The Hall–Kier alpha value is -1.01. The number of hydrogen-bond acceptors (Lipinski definition) is 2. The molecule has 3 atom stereocenters. The second-order valence-corrected chi connectivity index (χ2v) is 4.16. The van der Waals surface area contributed by atoms with Gasteiger partial charge >= 0.3 is 0 Å². The van der Waals surface area contributed by atoms with Crippen molar-refractivity contribution < 1.29 is 4.79 Å². The van der Waals surface area contributed by atoms with Crippen molar-refractivity contribution in [2.45, 2.75) is 45.2 Å². The van der Waals surface area contributed by atoms with E-state index in [2.05, 4.69) is 23.5 Å². The fourth-order valence-corrected chi connectivity index (χ4v) is 1.96. The van der Waals surface area contributed by atoms with E-state index in [1.807, 2.05) is 6.92 Å². The predicted octanol–water partition coefficient (Wildman–Crippen LogP) is 0.902. The van der Waals surface area contributed by atoms with Crippen LogP contribution in [0.2, 0.25) is 0 Å². The number of amides is 1. The van der Waals surface area contributed by atoms with Crippen LogP contribution in [0.15, 0.2) is 0 Å². The van der Waals surface area contributed by atoms with Crippen molar-refractivity contribution in [3.63, 3.8) is 0 Å². The minimum absolute atomic E-state index is 0.108. The number of nitrogens with one attached hydrogen (secondary N) is 2. The first-order valence-electron chi connectivity index (χ1n) is 5.66. The Morgan fingerprint density at radius 1 is 1.73 bits per heavy atom. The van der Waals surface area contributed by atoms with Crippen LogP contribution in [-0.2, 0) is 4.79 Å². The SMILES string of the molecule is C#CCC(CC)NC(=O)C1CCNC1C. The van der Waals surface area contributed by atoms with Gasteiger partial charge in [0, 0.05) is 18.5 Å². The first-order chi connectivity index (χ1) is 7.19. The summed E-state index contributed by atoms with van der Waals surface area (Å²) in [4.78, 5) is 11.9. The molecular weight excluding hydrogens is 188 g/mol. The fourth-order valence-electron chi connectivity index (χ4n) is 1.96. The third-order valence-electron chi connectivity index (χ3n) is 3.07. The van der Waals surface area contributed by atoms with Crippen molar-refractivity contribution >= 4 is 5.91 Å². The number of carbonyl (C=O) groups excluding carboxylic acids is 1. The van der Waals surface area contributed by atoms with Gasteiger partial charge in [0.15, 0.2) is 0 Å². The maximum atomic E-state index is 11.9. The van der Waals surface area contributed by atoms with Gasteiger partial charge in [-0.15, -0.1) is 12.3 Å². The molecule has 84 valence electrons. The molecule has 0 bridgehead atoms. The molecule has 1 saturated heterocycles. The number of carbonyl (C=O) groups is 1. The van der Waals surface area contributed by atoms with E-state index in [9.17, 15) is 4.79 Å². The van der Waals surface area contributed by atoms with Crippen LogP contribution in [-0.4, -0.2) is 24.5 Å². The largest absolute Gasteiger partial charge is 0.352 e. The highest BCUT2D eigenvalue weighted by molar-refractivity contribution is 5.80. The standard InChI is InChI=1S/C12H20N2O/c1-4-6-10(5-2)14-12(15)11-7-8-13-9(11)3/h1,9-11,13H,5-8H2,2-3H3,(H,14,15). The van der Waals surface area contributed by atoms with Crippen molar-refractivity contribution in [1.82, 2.24) is 10.6 Å². The van der Waals surface area contributed by atoms with Gasteiger partial charge in [-0.05, 0) is 26.3 Å². The number of terminal acetylenes is 1. The lowest BCUT2D eigenvalue weighted by Gasteiger charge is -2.19. The minimum Gasteiger partial charge on any atom is -0.352 e. The summed E-state index contributed by atoms with van der Waals surface area (Å²) in [6, 6.07) is 0.420. The van der Waals surface area contributed by atoms with Crippen LogP contribution in [0.5, 0.6) is 0 Å². The Morgan fingerprint density at radius 2 is 2.47 bits per heavy atom. The highest BCUT2D eigenvalue weighted by Gasteiger charge is 2.29. The van der Waals surface area contributed by atoms with E-state index in [1.54, 1.807) is 0 Å². The molecule has 1 aliphatic rings. The zero-order valence-electron chi connectivity index (χ0n) is 9.55. The lowest BCUT2D eigenvalue weighted by Crippen LogP contribution is -2.41. The van der Waals surface area contributed by atoms with Gasteiger partial charge < -0.3 is 10.6 Å². The maximum absolute atomic E-state index is 11.9. The molecule has 1 rings (SSSR count). The molecule has 1 fully saturated rings. The van der Waals surface area contributed by atoms with Crippen LogP contribution in [0, 0.1) is 18.3 Å². The van der Waals surface area contributed by atoms with Crippen LogP contribution in [0.25, 0.3) is 0 Å². The van der Waals surface area contributed by atoms with E-state index in [0.717, 1.165) is 19.4 Å². The van der Waals surface area contributed by atoms with Crippen molar-refractivity contribution in [1.29, 1.82) is 0 Å². The Balaban J connectivity index is 2.43. The summed E-state index contributed by atoms with van der Waals surface area (Å²) in [5, 5.41) is 6.29. The Kier molecular flexibility index (Phi) is 4.64. The van der Waals surface area contributed by atoms with E-state index in [0.29, 0.717) is 6.42 Å². The van der Waals surface area contributed by atoms with Crippen molar-refractivity contribution in [3.05, 3.63) is 0 Å². The van der Waals surface area contributed by atoms with Gasteiger partial charge in [-0.3, -0.25) is 4.79 Å². The lowest BCUT2D eigenvalue weighted by atomic mass is 10.00. The van der Waals surface area contributed by atoms with Crippen LogP contribution >= 0.6 is 0 Å². The molecule has 15 heavy (non-hydrogen) atoms. The molecule has 1 amide bonds. The van der Waals surface area contributed by atoms with Crippen LogP contribution in [0.4, 0.5) is 0 Å². The summed E-state index contributed by atoms with van der Waals surface area (Å²) >= 11 is 0. The molecule has 0 aliphatic carbocycles. The van der Waals surface area contributed by atoms with E-state index in [4.69, 9.17) is 6.42 Å². The smallest absolute Gasteiger partial charge is 0.224 e. The average Bonchev–Trinajstić information content (AvgIpc) is 2.63. The second kappa shape index (κ2) is 5.77. The molecule has 3 heteroatoms. The highest BCUT2D eigenvalue weighted by Crippen LogP contribution is 2.15. The summed E-state index contributed by atoms with van der Waals surface area (Å²) < 4.78 is 0. The summed E-state index contributed by atoms with van der Waals surface area (Å²) in [6.07, 6.45) is 7.69. The highest BCUT2D eigenvalue weighted by atomic mass is 16.2. The van der Waals surface area contributed by atoms with Gasteiger partial charge in [0.2, 0.25) is 5.91 Å². The van der Waals surface area contributed by atoms with Crippen molar-refractivity contribution in [3.8, 4) is 12.3 Å². The van der Waals surface area contributed by atoms with Gasteiger partial charge in [0.25, 0.3) is 0 Å². The third-order valence-corrected chi connectivity index (χ3v) is 3.07. The molecule has 0 aromatic carbocycles. The molecule has 0 radical (unpaired) electrons. The second-order valence-electron chi connectivity index (χ2n) is 4.16. The van der Waals surface area contributed by atoms with E-state index in [-0.39, 0.29) is 23.9 Å². The average molecular weight is 208 g/mol. The first-order valence-corrected chi connectivity index (χ1v) is 5.66. The molecule has 0 aromatic heterocycles. The number of hydrogen-bond donors (Lipinski definition) is 2. The van der Waals surface area contributed by atoms with Crippen LogP contribution in [0.1, 0.15) is 33.1 Å². The van der Waals surface area contributed by atoms with E-state index < -0.39 is 0 Å². The summed E-state index contributed by atoms with van der Waals surface area (Å²) in [5.41, 5.74) is 0. The van der Waals surface area contributed by atoms with Gasteiger partial charge in [0.1, 0.15) is 0 Å². The summed E-state index contributed by atoms with van der Waals surface area (Å²) in [7, 11) is 0. The molecule has 1 aliphatic heterocycles. The molecule has 3 nitrogen and oxygen atoms in total. The normalized spacial score (nSPS) is 27.0. The molecule has 0 saturated carbocycles. The molecule has 0 spiro atoms. The topological polar surface area (TPSA) is 41.1 Å². The fraction of sp³-hybridized carbons (Fsp3) is 0.750. The summed E-state index contributed by atoms with van der Waals surface area (Å²) in [5.74, 6) is 2.85. The molecule has 2 N–H and O–H groups in total. The van der Waals surface area contributed by atoms with Crippen LogP contribution in [0.3, 0.4) is 0 Å². The third kappa shape index (κ3) is 3.24. The lowest BCUT2D eigenvalue weighted by molar-refractivity contribution is -0.125. The van der Waals surface area contributed by atoms with Crippen molar-refractivity contribution in [2.75, 3.05) is 6.54 Å². The zero-order valence-corrected chi connectivity index (χ0v) is 9.55. The monoisotopic (exact) mass is 208 g/mol.